The Labute approximate surface area is 247 Å². The van der Waals surface area contributed by atoms with Gasteiger partial charge in [-0.25, -0.2) is 4.98 Å². The molecule has 5 aromatic carbocycles. The molecule has 0 N–H and O–H groups in total. The summed E-state index contributed by atoms with van der Waals surface area (Å²) in [6.45, 7) is 1.48. The molecule has 0 saturated heterocycles. The van der Waals surface area contributed by atoms with Gasteiger partial charge in [0, 0.05) is 16.5 Å². The smallest absolute Gasteiger partial charge is 0.295 e. The van der Waals surface area contributed by atoms with Crippen molar-refractivity contribution in [2.45, 2.75) is 25.9 Å². The number of ketones is 1. The Morgan fingerprint density at radius 2 is 1.47 bits per heavy atom. The first-order valence-electron chi connectivity index (χ1n) is 14.2. The van der Waals surface area contributed by atoms with Gasteiger partial charge in [-0.3, -0.25) is 4.79 Å². The number of benzene rings is 5. The number of halogens is 3. The minimum atomic E-state index is -4.59. The number of alkyl halides is 3. The molecular formula is C38H26F3NO. The normalized spacial score (nSPS) is 12.3. The first-order valence-corrected chi connectivity index (χ1v) is 14.2. The van der Waals surface area contributed by atoms with E-state index in [9.17, 15) is 18.0 Å². The molecule has 0 saturated carbocycles. The van der Waals surface area contributed by atoms with Gasteiger partial charge in [-0.2, -0.15) is 13.2 Å². The Morgan fingerprint density at radius 1 is 0.721 bits per heavy atom. The Kier molecular flexibility index (Phi) is 6.46. The lowest BCUT2D eigenvalue weighted by atomic mass is 9.90. The fourth-order valence-electron chi connectivity index (χ4n) is 6.21. The lowest BCUT2D eigenvalue weighted by Crippen LogP contribution is -2.07. The average Bonchev–Trinajstić information content (AvgIpc) is 3.38. The first-order chi connectivity index (χ1) is 20.8. The van der Waals surface area contributed by atoms with Gasteiger partial charge < -0.3 is 0 Å². The molecule has 1 heterocycles. The SMILES string of the molecule is CC(=O)c1cccc(-c2cc(-c3cc(Cc4ccccc4)cc4c3Cc3ccccc3-4)nc3c(C(F)(F)F)cccc23)c1. The summed E-state index contributed by atoms with van der Waals surface area (Å²) in [4.78, 5) is 17.0. The van der Waals surface area contributed by atoms with E-state index in [0.717, 1.165) is 39.4 Å². The van der Waals surface area contributed by atoms with Gasteiger partial charge in [-0.05, 0) is 88.5 Å². The van der Waals surface area contributed by atoms with E-state index in [1.54, 1.807) is 24.3 Å². The van der Waals surface area contributed by atoms with Crippen molar-refractivity contribution < 1.29 is 18.0 Å². The molecule has 0 spiro atoms. The summed E-state index contributed by atoms with van der Waals surface area (Å²) in [7, 11) is 0. The summed E-state index contributed by atoms with van der Waals surface area (Å²) in [5.74, 6) is -0.111. The molecule has 0 unspecified atom stereocenters. The number of carbonyl (C=O) groups excluding carboxylic acids is 1. The quantitative estimate of drug-likeness (QED) is 0.193. The van der Waals surface area contributed by atoms with Gasteiger partial charge in [0.1, 0.15) is 0 Å². The van der Waals surface area contributed by atoms with E-state index >= 15 is 0 Å². The highest BCUT2D eigenvalue weighted by molar-refractivity contribution is 6.01. The number of nitrogens with zero attached hydrogens (tertiary/aromatic N) is 1. The van der Waals surface area contributed by atoms with Crippen LogP contribution < -0.4 is 0 Å². The molecule has 0 atom stereocenters. The van der Waals surface area contributed by atoms with Crippen molar-refractivity contribution in [2.75, 3.05) is 0 Å². The van der Waals surface area contributed by atoms with Crippen molar-refractivity contribution in [1.29, 1.82) is 0 Å². The minimum absolute atomic E-state index is 0.103. The predicted octanol–water partition coefficient (Wildman–Crippen LogP) is 9.95. The second-order valence-electron chi connectivity index (χ2n) is 11.1. The van der Waals surface area contributed by atoms with Crippen LogP contribution in [-0.4, -0.2) is 10.8 Å². The fourth-order valence-corrected chi connectivity index (χ4v) is 6.21. The van der Waals surface area contributed by atoms with Crippen LogP contribution in [0.15, 0.2) is 115 Å². The highest BCUT2D eigenvalue weighted by Gasteiger charge is 2.34. The second kappa shape index (κ2) is 10.4. The van der Waals surface area contributed by atoms with E-state index in [1.807, 2.05) is 42.5 Å². The van der Waals surface area contributed by atoms with E-state index in [-0.39, 0.29) is 11.3 Å². The molecule has 43 heavy (non-hydrogen) atoms. The Morgan fingerprint density at radius 3 is 2.26 bits per heavy atom. The van der Waals surface area contributed by atoms with Gasteiger partial charge >= 0.3 is 6.18 Å². The summed E-state index contributed by atoms with van der Waals surface area (Å²) in [6, 6.07) is 35.8. The highest BCUT2D eigenvalue weighted by Crippen LogP contribution is 2.45. The van der Waals surface area contributed by atoms with E-state index in [1.165, 1.54) is 18.6 Å². The van der Waals surface area contributed by atoms with Gasteiger partial charge in [-0.15, -0.1) is 0 Å². The molecule has 0 amide bonds. The number of hydrogen-bond donors (Lipinski definition) is 0. The fraction of sp³-hybridized carbons (Fsp3) is 0.105. The first kappa shape index (κ1) is 26.8. The molecule has 7 rings (SSSR count). The Hall–Kier alpha value is -5.03. The van der Waals surface area contributed by atoms with Crippen molar-refractivity contribution in [3.05, 3.63) is 149 Å². The zero-order valence-electron chi connectivity index (χ0n) is 23.4. The molecule has 1 aliphatic rings. The average molecular weight is 570 g/mol. The van der Waals surface area contributed by atoms with E-state index < -0.39 is 11.7 Å². The monoisotopic (exact) mass is 569 g/mol. The Bertz CT molecular complexity index is 2040. The topological polar surface area (TPSA) is 30.0 Å². The molecule has 0 aliphatic heterocycles. The highest BCUT2D eigenvalue weighted by atomic mass is 19.4. The third kappa shape index (κ3) is 4.91. The summed E-state index contributed by atoms with van der Waals surface area (Å²) in [6.07, 6.45) is -3.24. The summed E-state index contributed by atoms with van der Waals surface area (Å²) in [5, 5.41) is 0.389. The second-order valence-corrected chi connectivity index (χ2v) is 11.1. The lowest BCUT2D eigenvalue weighted by Gasteiger charge is -2.17. The number of para-hydroxylation sites is 1. The Balaban J connectivity index is 1.52. The molecular weight excluding hydrogens is 543 g/mol. The zero-order chi connectivity index (χ0) is 29.7. The van der Waals surface area contributed by atoms with Gasteiger partial charge in [0.15, 0.2) is 5.78 Å². The summed E-state index contributed by atoms with van der Waals surface area (Å²) in [5.41, 5.74) is 8.85. The maximum atomic E-state index is 14.4. The number of pyridine rings is 1. The predicted molar refractivity (Wildman–Crippen MR) is 165 cm³/mol. The summed E-state index contributed by atoms with van der Waals surface area (Å²) >= 11 is 0. The molecule has 0 bridgehead atoms. The van der Waals surface area contributed by atoms with Crippen molar-refractivity contribution >= 4 is 16.7 Å². The molecule has 2 nitrogen and oxygen atoms in total. The van der Waals surface area contributed by atoms with Crippen molar-refractivity contribution in [1.82, 2.24) is 4.98 Å². The number of fused-ring (bicyclic) bond motifs is 4. The molecule has 6 aromatic rings. The molecule has 0 radical (unpaired) electrons. The number of rotatable bonds is 5. The van der Waals surface area contributed by atoms with Crippen molar-refractivity contribution in [3.63, 3.8) is 0 Å². The standard InChI is InChI=1S/C38H26F3NO/c1-23(43)26-12-7-13-27(20-26)31-22-36(42-37-30(31)15-8-16-35(37)38(39,40)41)34-19-25(17-24-9-3-2-4-10-24)18-32-29-14-6-5-11-28(29)21-33(32)34/h2-16,18-20,22H,17,21H2,1H3. The van der Waals surface area contributed by atoms with Crippen LogP contribution in [0.2, 0.25) is 0 Å². The van der Waals surface area contributed by atoms with E-state index in [4.69, 9.17) is 4.98 Å². The van der Waals surface area contributed by atoms with Gasteiger partial charge in [0.05, 0.1) is 16.8 Å². The zero-order valence-corrected chi connectivity index (χ0v) is 23.4. The van der Waals surface area contributed by atoms with Crippen LogP contribution in [0.5, 0.6) is 0 Å². The number of Topliss-reactive ketones (excluding diaryl/α,β-unsaturated/α-hetero) is 1. The van der Waals surface area contributed by atoms with Gasteiger partial charge in [0.25, 0.3) is 0 Å². The third-order valence-corrected chi connectivity index (χ3v) is 8.24. The number of aromatic nitrogens is 1. The van der Waals surface area contributed by atoms with Crippen LogP contribution >= 0.6 is 0 Å². The number of hydrogen-bond acceptors (Lipinski definition) is 2. The molecule has 5 heteroatoms. The van der Waals surface area contributed by atoms with Crippen LogP contribution in [0, 0.1) is 0 Å². The van der Waals surface area contributed by atoms with Crippen LogP contribution in [-0.2, 0) is 19.0 Å². The minimum Gasteiger partial charge on any atom is -0.295 e. The third-order valence-electron chi connectivity index (χ3n) is 8.24. The van der Waals surface area contributed by atoms with Crippen molar-refractivity contribution in [2.24, 2.45) is 0 Å². The summed E-state index contributed by atoms with van der Waals surface area (Å²) < 4.78 is 43.1. The van der Waals surface area contributed by atoms with Crippen LogP contribution in [0.3, 0.4) is 0 Å². The largest absolute Gasteiger partial charge is 0.418 e. The maximum Gasteiger partial charge on any atom is 0.418 e. The van der Waals surface area contributed by atoms with Crippen molar-refractivity contribution in [3.8, 4) is 33.5 Å². The lowest BCUT2D eigenvalue weighted by molar-refractivity contribution is -0.136. The van der Waals surface area contributed by atoms with Crippen LogP contribution in [0.4, 0.5) is 13.2 Å². The number of carbonyl (C=O) groups is 1. The van der Waals surface area contributed by atoms with E-state index in [0.29, 0.717) is 40.6 Å². The van der Waals surface area contributed by atoms with E-state index in [2.05, 4.69) is 36.4 Å². The molecule has 1 aromatic heterocycles. The maximum absolute atomic E-state index is 14.4. The van der Waals surface area contributed by atoms with Gasteiger partial charge in [-0.1, -0.05) is 91.0 Å². The van der Waals surface area contributed by atoms with Crippen LogP contribution in [0.25, 0.3) is 44.4 Å². The van der Waals surface area contributed by atoms with Crippen LogP contribution in [0.1, 0.15) is 45.1 Å². The van der Waals surface area contributed by atoms with Gasteiger partial charge in [0.2, 0.25) is 0 Å². The molecule has 0 fully saturated rings. The molecule has 210 valence electrons. The molecule has 1 aliphatic carbocycles.